The van der Waals surface area contributed by atoms with E-state index in [4.69, 9.17) is 4.74 Å². The van der Waals surface area contributed by atoms with Crippen LogP contribution in [0.5, 0.6) is 0 Å². The number of benzene rings is 1. The van der Waals surface area contributed by atoms with E-state index in [9.17, 15) is 13.6 Å². The quantitative estimate of drug-likeness (QED) is 0.683. The molecule has 0 spiro atoms. The first-order valence-corrected chi connectivity index (χ1v) is 8.84. The molecule has 0 aliphatic heterocycles. The Morgan fingerprint density at radius 1 is 1.38 bits per heavy atom. The first kappa shape index (κ1) is 18.4. The molecule has 0 N–H and O–H groups in total. The standard InChI is InChI=1S/C17H18F2N4O2S/c1-10(2)23-5-4-13(21-23)16(24)20-17-22(6-7-25-3)15-12(19)8-11(18)9-14(15)26-17/h4-5,8-10H,6-7H2,1-3H3. The molecule has 0 aliphatic rings. The van der Waals surface area contributed by atoms with Crippen molar-refractivity contribution < 1.29 is 18.3 Å². The Morgan fingerprint density at radius 3 is 2.81 bits per heavy atom. The lowest BCUT2D eigenvalue weighted by Gasteiger charge is -2.05. The van der Waals surface area contributed by atoms with Gasteiger partial charge in [0.1, 0.15) is 5.82 Å². The normalized spacial score (nSPS) is 12.5. The largest absolute Gasteiger partial charge is 0.383 e. The number of carbonyl (C=O) groups is 1. The predicted octanol–water partition coefficient (Wildman–Crippen LogP) is 3.15. The molecular weight excluding hydrogens is 362 g/mol. The van der Waals surface area contributed by atoms with E-state index in [2.05, 4.69) is 10.1 Å². The van der Waals surface area contributed by atoms with Crippen molar-refractivity contribution in [2.75, 3.05) is 13.7 Å². The third-order valence-electron chi connectivity index (χ3n) is 3.77. The maximum absolute atomic E-state index is 14.3. The number of methoxy groups -OCH3 is 1. The summed E-state index contributed by atoms with van der Waals surface area (Å²) >= 11 is 1.04. The topological polar surface area (TPSA) is 61.4 Å². The van der Waals surface area contributed by atoms with E-state index >= 15 is 0 Å². The number of halogens is 2. The minimum absolute atomic E-state index is 0.115. The average molecular weight is 380 g/mol. The number of rotatable bonds is 5. The zero-order valence-electron chi connectivity index (χ0n) is 14.6. The van der Waals surface area contributed by atoms with Gasteiger partial charge >= 0.3 is 0 Å². The lowest BCUT2D eigenvalue weighted by Crippen LogP contribution is -2.20. The summed E-state index contributed by atoms with van der Waals surface area (Å²) in [5, 5.41) is 4.19. The fourth-order valence-corrected chi connectivity index (χ4v) is 3.58. The average Bonchev–Trinajstić information content (AvgIpc) is 3.18. The highest BCUT2D eigenvalue weighted by atomic mass is 32.1. The zero-order valence-corrected chi connectivity index (χ0v) is 15.4. The van der Waals surface area contributed by atoms with Gasteiger partial charge in [0.05, 0.1) is 16.8 Å². The number of nitrogens with zero attached hydrogens (tertiary/aromatic N) is 4. The van der Waals surface area contributed by atoms with Crippen molar-refractivity contribution in [1.82, 2.24) is 14.3 Å². The van der Waals surface area contributed by atoms with Crippen molar-refractivity contribution in [2.45, 2.75) is 26.4 Å². The van der Waals surface area contributed by atoms with E-state index in [0.29, 0.717) is 11.3 Å². The molecule has 6 nitrogen and oxygen atoms in total. The van der Waals surface area contributed by atoms with Crippen LogP contribution in [-0.2, 0) is 11.3 Å². The molecule has 1 amide bonds. The SMILES string of the molecule is COCCn1c(=NC(=O)c2ccn(C(C)C)n2)sc2cc(F)cc(F)c21. The molecule has 0 bridgehead atoms. The van der Waals surface area contributed by atoms with Crippen LogP contribution in [-0.4, -0.2) is 34.0 Å². The van der Waals surface area contributed by atoms with Crippen LogP contribution in [0.25, 0.3) is 10.2 Å². The number of hydrogen-bond acceptors (Lipinski definition) is 4. The van der Waals surface area contributed by atoms with Crippen LogP contribution in [0.1, 0.15) is 30.4 Å². The summed E-state index contributed by atoms with van der Waals surface area (Å²) < 4.78 is 36.4. The van der Waals surface area contributed by atoms with E-state index in [0.717, 1.165) is 17.4 Å². The highest BCUT2D eigenvalue weighted by Crippen LogP contribution is 2.22. The van der Waals surface area contributed by atoms with Gasteiger partial charge in [-0.25, -0.2) is 8.78 Å². The van der Waals surface area contributed by atoms with Crippen molar-refractivity contribution in [2.24, 2.45) is 4.99 Å². The minimum Gasteiger partial charge on any atom is -0.383 e. The molecule has 1 aromatic carbocycles. The molecule has 0 saturated heterocycles. The van der Waals surface area contributed by atoms with Gasteiger partial charge in [0, 0.05) is 32.0 Å². The van der Waals surface area contributed by atoms with Crippen LogP contribution < -0.4 is 4.80 Å². The summed E-state index contributed by atoms with van der Waals surface area (Å²) in [6, 6.07) is 3.74. The van der Waals surface area contributed by atoms with Gasteiger partial charge in [-0.05, 0) is 26.0 Å². The van der Waals surface area contributed by atoms with E-state index in [1.165, 1.54) is 17.7 Å². The number of thiazole rings is 1. The molecule has 3 aromatic rings. The van der Waals surface area contributed by atoms with Crippen LogP contribution in [0.3, 0.4) is 0 Å². The smallest absolute Gasteiger partial charge is 0.300 e. The first-order chi connectivity index (χ1) is 12.4. The van der Waals surface area contributed by atoms with Crippen molar-refractivity contribution in [1.29, 1.82) is 0 Å². The zero-order chi connectivity index (χ0) is 18.8. The van der Waals surface area contributed by atoms with Gasteiger partial charge in [0.15, 0.2) is 16.3 Å². The second-order valence-electron chi connectivity index (χ2n) is 5.96. The van der Waals surface area contributed by atoms with E-state index in [-0.39, 0.29) is 28.6 Å². The van der Waals surface area contributed by atoms with Crippen molar-refractivity contribution >= 4 is 27.5 Å². The summed E-state index contributed by atoms with van der Waals surface area (Å²) in [5.74, 6) is -1.92. The van der Waals surface area contributed by atoms with E-state index in [1.54, 1.807) is 16.9 Å². The number of hydrogen-bond donors (Lipinski definition) is 0. The predicted molar refractivity (Wildman–Crippen MR) is 94.1 cm³/mol. The fourth-order valence-electron chi connectivity index (χ4n) is 2.49. The van der Waals surface area contributed by atoms with Crippen molar-refractivity contribution in [3.63, 3.8) is 0 Å². The summed E-state index contributed by atoms with van der Waals surface area (Å²) in [5.41, 5.74) is 0.397. The van der Waals surface area contributed by atoms with Gasteiger partial charge in [-0.1, -0.05) is 11.3 Å². The van der Waals surface area contributed by atoms with Crippen LogP contribution >= 0.6 is 11.3 Å². The number of aromatic nitrogens is 3. The Morgan fingerprint density at radius 2 is 2.15 bits per heavy atom. The molecule has 9 heteroatoms. The summed E-state index contributed by atoms with van der Waals surface area (Å²) in [6.07, 6.45) is 1.70. The lowest BCUT2D eigenvalue weighted by molar-refractivity contribution is 0.0991. The minimum atomic E-state index is -0.703. The number of amides is 1. The Labute approximate surface area is 152 Å². The molecular formula is C17H18F2N4O2S. The van der Waals surface area contributed by atoms with Crippen LogP contribution in [0, 0.1) is 11.6 Å². The Bertz CT molecular complexity index is 1020. The maximum Gasteiger partial charge on any atom is 0.300 e. The van der Waals surface area contributed by atoms with Gasteiger partial charge in [0.2, 0.25) is 0 Å². The molecule has 0 aliphatic carbocycles. The van der Waals surface area contributed by atoms with Gasteiger partial charge in [-0.3, -0.25) is 9.48 Å². The van der Waals surface area contributed by atoms with Crippen LogP contribution in [0.15, 0.2) is 29.4 Å². The van der Waals surface area contributed by atoms with Gasteiger partial charge in [-0.2, -0.15) is 10.1 Å². The second kappa shape index (κ2) is 7.46. The molecule has 138 valence electrons. The Kier molecular flexibility index (Phi) is 5.28. The summed E-state index contributed by atoms with van der Waals surface area (Å²) in [7, 11) is 1.52. The summed E-state index contributed by atoms with van der Waals surface area (Å²) in [6.45, 7) is 4.47. The maximum atomic E-state index is 14.3. The third kappa shape index (κ3) is 3.58. The Balaban J connectivity index is 2.11. The monoisotopic (exact) mass is 380 g/mol. The molecule has 0 radical (unpaired) electrons. The number of ether oxygens (including phenoxy) is 1. The number of carbonyl (C=O) groups excluding carboxylic acids is 1. The molecule has 0 unspecified atom stereocenters. The molecule has 2 heterocycles. The first-order valence-electron chi connectivity index (χ1n) is 8.02. The van der Waals surface area contributed by atoms with Crippen molar-refractivity contribution in [3.8, 4) is 0 Å². The van der Waals surface area contributed by atoms with E-state index in [1.807, 2.05) is 13.8 Å². The summed E-state index contributed by atoms with van der Waals surface area (Å²) in [4.78, 5) is 16.8. The fraction of sp³-hybridized carbons (Fsp3) is 0.353. The second-order valence-corrected chi connectivity index (χ2v) is 6.96. The molecule has 0 fully saturated rings. The number of fused-ring (bicyclic) bond motifs is 1. The third-order valence-corrected chi connectivity index (χ3v) is 4.79. The molecule has 2 aromatic heterocycles. The highest BCUT2D eigenvalue weighted by Gasteiger charge is 2.15. The van der Waals surface area contributed by atoms with Gasteiger partial charge < -0.3 is 9.30 Å². The van der Waals surface area contributed by atoms with Gasteiger partial charge in [0.25, 0.3) is 5.91 Å². The highest BCUT2D eigenvalue weighted by molar-refractivity contribution is 7.16. The molecule has 26 heavy (non-hydrogen) atoms. The van der Waals surface area contributed by atoms with Crippen molar-refractivity contribution in [3.05, 3.63) is 46.5 Å². The molecule has 0 atom stereocenters. The van der Waals surface area contributed by atoms with Crippen LogP contribution in [0.4, 0.5) is 8.78 Å². The molecule has 3 rings (SSSR count). The Hall–Kier alpha value is -2.39. The van der Waals surface area contributed by atoms with Gasteiger partial charge in [-0.15, -0.1) is 0 Å². The van der Waals surface area contributed by atoms with Crippen LogP contribution in [0.2, 0.25) is 0 Å². The van der Waals surface area contributed by atoms with E-state index < -0.39 is 17.5 Å². The lowest BCUT2D eigenvalue weighted by atomic mass is 10.3. The molecule has 0 saturated carbocycles.